The van der Waals surface area contributed by atoms with Crippen LogP contribution >= 0.6 is 11.6 Å². The van der Waals surface area contributed by atoms with Crippen molar-refractivity contribution in [2.45, 2.75) is 31.5 Å². The van der Waals surface area contributed by atoms with Gasteiger partial charge in [-0.3, -0.25) is 4.79 Å². The van der Waals surface area contributed by atoms with E-state index in [0.29, 0.717) is 42.9 Å². The van der Waals surface area contributed by atoms with Gasteiger partial charge in [0.25, 0.3) is 5.91 Å². The minimum atomic E-state index is -4.65. The van der Waals surface area contributed by atoms with Crippen molar-refractivity contribution >= 4 is 17.5 Å². The molecule has 3 rings (SSSR count). The summed E-state index contributed by atoms with van der Waals surface area (Å²) in [7, 11) is 0. The SMILES string of the molecule is N[C@H](Cc1ccc(Cl)cc1F)C1CCN(C(=O)c2cnc(C(F)(F)F)nc2)CC1. The summed E-state index contributed by atoms with van der Waals surface area (Å²) in [4.78, 5) is 20.5. The van der Waals surface area contributed by atoms with E-state index in [4.69, 9.17) is 17.3 Å². The number of aromatic nitrogens is 2. The molecular formula is C19H19ClF4N4O. The van der Waals surface area contributed by atoms with Crippen molar-refractivity contribution in [3.8, 4) is 0 Å². The fourth-order valence-electron chi connectivity index (χ4n) is 3.41. The van der Waals surface area contributed by atoms with Crippen LogP contribution in [-0.2, 0) is 12.6 Å². The molecule has 1 atom stereocenters. The number of amides is 1. The first-order valence-electron chi connectivity index (χ1n) is 9.03. The minimum Gasteiger partial charge on any atom is -0.339 e. The van der Waals surface area contributed by atoms with E-state index in [9.17, 15) is 22.4 Å². The monoisotopic (exact) mass is 430 g/mol. The summed E-state index contributed by atoms with van der Waals surface area (Å²) < 4.78 is 51.6. The summed E-state index contributed by atoms with van der Waals surface area (Å²) >= 11 is 5.76. The predicted octanol–water partition coefficient (Wildman–Crippen LogP) is 3.71. The van der Waals surface area contributed by atoms with Crippen molar-refractivity contribution in [2.24, 2.45) is 11.7 Å². The van der Waals surface area contributed by atoms with Crippen LogP contribution in [0.4, 0.5) is 17.6 Å². The predicted molar refractivity (Wildman–Crippen MR) is 98.8 cm³/mol. The molecule has 0 aliphatic carbocycles. The summed E-state index contributed by atoms with van der Waals surface area (Å²) in [5.41, 5.74) is 6.74. The number of likely N-dealkylation sites (tertiary alicyclic amines) is 1. The average Bonchev–Trinajstić information content (AvgIpc) is 2.69. The lowest BCUT2D eigenvalue weighted by Crippen LogP contribution is -2.44. The van der Waals surface area contributed by atoms with Gasteiger partial charge in [-0.1, -0.05) is 17.7 Å². The minimum absolute atomic E-state index is 0.00369. The van der Waals surface area contributed by atoms with Crippen LogP contribution in [0.5, 0.6) is 0 Å². The van der Waals surface area contributed by atoms with E-state index < -0.39 is 23.7 Å². The third kappa shape index (κ3) is 5.22. The third-order valence-electron chi connectivity index (χ3n) is 5.06. The van der Waals surface area contributed by atoms with Gasteiger partial charge >= 0.3 is 6.18 Å². The van der Waals surface area contributed by atoms with Gasteiger partial charge in [-0.25, -0.2) is 14.4 Å². The number of hydrogen-bond donors (Lipinski definition) is 1. The summed E-state index contributed by atoms with van der Waals surface area (Å²) in [6, 6.07) is 4.19. The van der Waals surface area contributed by atoms with Crippen LogP contribution in [-0.4, -0.2) is 39.9 Å². The van der Waals surface area contributed by atoms with Gasteiger partial charge in [0, 0.05) is 36.5 Å². The Kier molecular flexibility index (Phi) is 6.38. The van der Waals surface area contributed by atoms with Gasteiger partial charge in [0.2, 0.25) is 5.82 Å². The van der Waals surface area contributed by atoms with Crippen LogP contribution in [0.1, 0.15) is 34.6 Å². The third-order valence-corrected chi connectivity index (χ3v) is 5.29. The number of nitrogens with two attached hydrogens (primary N) is 1. The molecule has 29 heavy (non-hydrogen) atoms. The van der Waals surface area contributed by atoms with E-state index in [1.807, 2.05) is 0 Å². The Morgan fingerprint density at radius 3 is 2.41 bits per heavy atom. The summed E-state index contributed by atoms with van der Waals surface area (Å²) in [6.07, 6.45) is -1.29. The number of nitrogens with zero attached hydrogens (tertiary/aromatic N) is 3. The summed E-state index contributed by atoms with van der Waals surface area (Å²) in [5, 5.41) is 0.318. The lowest BCUT2D eigenvalue weighted by atomic mass is 9.86. The zero-order valence-corrected chi connectivity index (χ0v) is 16.0. The van der Waals surface area contributed by atoms with E-state index >= 15 is 0 Å². The van der Waals surface area contributed by atoms with Crippen molar-refractivity contribution in [3.63, 3.8) is 0 Å². The van der Waals surface area contributed by atoms with Crippen LogP contribution in [0, 0.1) is 11.7 Å². The van der Waals surface area contributed by atoms with E-state index in [1.165, 1.54) is 11.0 Å². The van der Waals surface area contributed by atoms with Gasteiger partial charge in [-0.05, 0) is 42.9 Å². The maximum absolute atomic E-state index is 14.0. The van der Waals surface area contributed by atoms with E-state index in [0.717, 1.165) is 12.4 Å². The number of hydrogen-bond acceptors (Lipinski definition) is 4. The molecule has 1 aromatic heterocycles. The summed E-state index contributed by atoms with van der Waals surface area (Å²) in [5.74, 6) is -2.01. The number of halogens is 5. The fourth-order valence-corrected chi connectivity index (χ4v) is 3.56. The van der Waals surface area contributed by atoms with Crippen LogP contribution in [0.2, 0.25) is 5.02 Å². The van der Waals surface area contributed by atoms with Gasteiger partial charge in [0.15, 0.2) is 0 Å². The molecular weight excluding hydrogens is 412 g/mol. The van der Waals surface area contributed by atoms with Gasteiger partial charge in [0.05, 0.1) is 5.56 Å². The van der Waals surface area contributed by atoms with Crippen LogP contribution < -0.4 is 5.73 Å². The molecule has 2 aromatic rings. The molecule has 0 radical (unpaired) electrons. The van der Waals surface area contributed by atoms with Crippen molar-refractivity contribution in [3.05, 3.63) is 58.4 Å². The lowest BCUT2D eigenvalue weighted by Gasteiger charge is -2.34. The average molecular weight is 431 g/mol. The molecule has 1 saturated heterocycles. The van der Waals surface area contributed by atoms with E-state index in [-0.39, 0.29) is 17.5 Å². The van der Waals surface area contributed by atoms with Gasteiger partial charge < -0.3 is 10.6 Å². The first kappa shape index (κ1) is 21.4. The molecule has 156 valence electrons. The second-order valence-electron chi connectivity index (χ2n) is 7.03. The van der Waals surface area contributed by atoms with Crippen LogP contribution in [0.15, 0.2) is 30.6 Å². The van der Waals surface area contributed by atoms with Crippen molar-refractivity contribution in [1.82, 2.24) is 14.9 Å². The molecule has 5 nitrogen and oxygen atoms in total. The lowest BCUT2D eigenvalue weighted by molar-refractivity contribution is -0.145. The van der Waals surface area contributed by atoms with Gasteiger partial charge in [-0.2, -0.15) is 13.2 Å². The molecule has 0 unspecified atom stereocenters. The Morgan fingerprint density at radius 2 is 1.86 bits per heavy atom. The number of benzene rings is 1. The van der Waals surface area contributed by atoms with Crippen molar-refractivity contribution in [2.75, 3.05) is 13.1 Å². The molecule has 2 N–H and O–H groups in total. The topological polar surface area (TPSA) is 72.1 Å². The second kappa shape index (κ2) is 8.62. The normalized spacial score (nSPS) is 16.7. The van der Waals surface area contributed by atoms with Crippen LogP contribution in [0.25, 0.3) is 0 Å². The molecule has 1 amide bonds. The molecule has 1 aliphatic rings. The second-order valence-corrected chi connectivity index (χ2v) is 7.46. The Balaban J connectivity index is 1.56. The highest BCUT2D eigenvalue weighted by Gasteiger charge is 2.35. The van der Waals surface area contributed by atoms with Gasteiger partial charge in [-0.15, -0.1) is 0 Å². The van der Waals surface area contributed by atoms with Crippen molar-refractivity contribution in [1.29, 1.82) is 0 Å². The largest absolute Gasteiger partial charge is 0.451 e. The van der Waals surface area contributed by atoms with E-state index in [2.05, 4.69) is 9.97 Å². The quantitative estimate of drug-likeness (QED) is 0.750. The molecule has 0 saturated carbocycles. The maximum atomic E-state index is 14.0. The molecule has 0 bridgehead atoms. The van der Waals surface area contributed by atoms with E-state index in [1.54, 1.807) is 12.1 Å². The Bertz CT molecular complexity index is 868. The molecule has 1 fully saturated rings. The number of alkyl halides is 3. The zero-order valence-electron chi connectivity index (χ0n) is 15.3. The Morgan fingerprint density at radius 1 is 1.24 bits per heavy atom. The molecule has 1 aliphatic heterocycles. The number of carbonyl (C=O) groups excluding carboxylic acids is 1. The Hall–Kier alpha value is -2.26. The number of carbonyl (C=O) groups is 1. The highest BCUT2D eigenvalue weighted by Crippen LogP contribution is 2.27. The number of piperidine rings is 1. The van der Waals surface area contributed by atoms with Crippen molar-refractivity contribution < 1.29 is 22.4 Å². The highest BCUT2D eigenvalue weighted by molar-refractivity contribution is 6.30. The Labute approximate surface area is 169 Å². The maximum Gasteiger partial charge on any atom is 0.451 e. The molecule has 10 heteroatoms. The standard InChI is InChI=1S/C19H19ClF4N4O/c20-14-2-1-12(15(21)8-14)7-16(25)11-3-5-28(6-4-11)17(29)13-9-26-18(27-10-13)19(22,23)24/h1-2,8-11,16H,3-7,25H2/t16-/m1/s1. The first-order chi connectivity index (χ1) is 13.6. The highest BCUT2D eigenvalue weighted by atomic mass is 35.5. The smallest absolute Gasteiger partial charge is 0.339 e. The zero-order chi connectivity index (χ0) is 21.2. The fraction of sp³-hybridized carbons (Fsp3) is 0.421. The molecule has 0 spiro atoms. The summed E-state index contributed by atoms with van der Waals surface area (Å²) in [6.45, 7) is 0.808. The molecule has 2 heterocycles. The number of rotatable bonds is 4. The van der Waals surface area contributed by atoms with Crippen LogP contribution in [0.3, 0.4) is 0 Å². The molecule has 1 aromatic carbocycles. The first-order valence-corrected chi connectivity index (χ1v) is 9.41. The van der Waals surface area contributed by atoms with Gasteiger partial charge in [0.1, 0.15) is 5.82 Å².